The molecule has 0 atom stereocenters. The number of aromatic nitrogens is 4. The lowest BCUT2D eigenvalue weighted by molar-refractivity contribution is 0.628. The molecule has 0 saturated heterocycles. The van der Waals surface area contributed by atoms with E-state index in [1.54, 1.807) is 18.3 Å². The number of fused-ring (bicyclic) bond motifs is 1. The summed E-state index contributed by atoms with van der Waals surface area (Å²) in [6.07, 6.45) is 8.38. The molecule has 0 spiro atoms. The number of nitrogens with zero attached hydrogens (tertiary/aromatic N) is 5. The van der Waals surface area contributed by atoms with Gasteiger partial charge in [-0.25, -0.2) is 23.9 Å². The third-order valence-electron chi connectivity index (χ3n) is 7.67. The second kappa shape index (κ2) is 11.4. The number of hydrogen-bond acceptors (Lipinski definition) is 5. The van der Waals surface area contributed by atoms with Crippen molar-refractivity contribution in [3.8, 4) is 22.5 Å². The molecule has 6 aromatic rings. The molecule has 3 aromatic heterocycles. The molecule has 0 bridgehead atoms. The monoisotopic (exact) mass is 552 g/mol. The highest BCUT2D eigenvalue weighted by atomic mass is 19.1. The van der Waals surface area contributed by atoms with Crippen molar-refractivity contribution in [2.24, 2.45) is 4.99 Å². The summed E-state index contributed by atoms with van der Waals surface area (Å²) in [5.74, 6) is 0.313. The largest absolute Gasteiger partial charge is 0.351 e. The van der Waals surface area contributed by atoms with Gasteiger partial charge in [0.05, 0.1) is 28.2 Å². The third kappa shape index (κ3) is 5.29. The van der Waals surface area contributed by atoms with E-state index in [0.29, 0.717) is 17.7 Å². The van der Waals surface area contributed by atoms with Crippen molar-refractivity contribution in [1.29, 1.82) is 0 Å². The van der Waals surface area contributed by atoms with Crippen molar-refractivity contribution in [3.05, 3.63) is 132 Å². The van der Waals surface area contributed by atoms with Crippen LogP contribution in [0.1, 0.15) is 36.8 Å². The van der Waals surface area contributed by atoms with E-state index in [4.69, 9.17) is 15.1 Å². The highest BCUT2D eigenvalue weighted by molar-refractivity contribution is 6.14. The second-order valence-electron chi connectivity index (χ2n) is 10.5. The zero-order valence-electron chi connectivity index (χ0n) is 23.0. The van der Waals surface area contributed by atoms with E-state index in [-0.39, 0.29) is 5.82 Å². The van der Waals surface area contributed by atoms with Crippen LogP contribution >= 0.6 is 0 Å². The number of pyridine rings is 1. The molecule has 206 valence electrons. The van der Waals surface area contributed by atoms with Gasteiger partial charge >= 0.3 is 0 Å². The molecule has 7 rings (SSSR count). The van der Waals surface area contributed by atoms with Crippen LogP contribution in [0.4, 0.5) is 16.0 Å². The summed E-state index contributed by atoms with van der Waals surface area (Å²) in [6.45, 7) is 0. The van der Waals surface area contributed by atoms with E-state index >= 15 is 0 Å². The van der Waals surface area contributed by atoms with Crippen LogP contribution in [-0.2, 0) is 0 Å². The smallest absolute Gasteiger partial charge is 0.223 e. The Morgan fingerprint density at radius 1 is 0.833 bits per heavy atom. The fourth-order valence-corrected chi connectivity index (χ4v) is 5.60. The van der Waals surface area contributed by atoms with Gasteiger partial charge in [0.25, 0.3) is 0 Å². The minimum absolute atomic E-state index is 0.292. The number of aliphatic imine (C=N–C) groups is 1. The lowest BCUT2D eigenvalue weighted by Crippen LogP contribution is -2.16. The Balaban J connectivity index is 1.39. The van der Waals surface area contributed by atoms with Gasteiger partial charge < -0.3 is 5.32 Å². The number of benzene rings is 3. The molecule has 1 saturated carbocycles. The standard InChI is InChI=1S/C35H29FN6/c36-27-17-15-26(16-18-27)34-32(30-19-21-37-35(40-30)39-28-13-7-8-14-28)31-23-29(20-22-42(31)41-34)38-33(24-9-3-1-4-10-24)25-11-5-2-6-12-25/h1-6,9-12,15-23,28H,7-8,13-14H2,(H,37,39,40). The predicted octanol–water partition coefficient (Wildman–Crippen LogP) is 8.12. The highest BCUT2D eigenvalue weighted by Gasteiger charge is 2.21. The van der Waals surface area contributed by atoms with Gasteiger partial charge in [-0.1, -0.05) is 73.5 Å². The Labute approximate surface area is 243 Å². The summed E-state index contributed by atoms with van der Waals surface area (Å²) >= 11 is 0. The van der Waals surface area contributed by atoms with E-state index in [0.717, 1.165) is 57.7 Å². The molecule has 6 nitrogen and oxygen atoms in total. The first-order valence-electron chi connectivity index (χ1n) is 14.3. The van der Waals surface area contributed by atoms with Crippen LogP contribution in [0.15, 0.2) is 121 Å². The van der Waals surface area contributed by atoms with Gasteiger partial charge in [0.15, 0.2) is 0 Å². The molecule has 3 aromatic carbocycles. The Morgan fingerprint density at radius 2 is 1.52 bits per heavy atom. The molecule has 0 unspecified atom stereocenters. The second-order valence-corrected chi connectivity index (χ2v) is 10.5. The van der Waals surface area contributed by atoms with Crippen molar-refractivity contribution < 1.29 is 4.39 Å². The average Bonchev–Trinajstić information content (AvgIpc) is 3.69. The number of nitrogens with one attached hydrogen (secondary N) is 1. The molecule has 1 N–H and O–H groups in total. The quantitative estimate of drug-likeness (QED) is 0.203. The summed E-state index contributed by atoms with van der Waals surface area (Å²) in [5.41, 5.74) is 7.68. The zero-order valence-corrected chi connectivity index (χ0v) is 23.0. The first-order chi connectivity index (χ1) is 20.7. The lowest BCUT2D eigenvalue weighted by atomic mass is 10.0. The van der Waals surface area contributed by atoms with Crippen molar-refractivity contribution in [2.75, 3.05) is 5.32 Å². The molecule has 3 heterocycles. The first kappa shape index (κ1) is 25.8. The van der Waals surface area contributed by atoms with Crippen LogP contribution in [0.3, 0.4) is 0 Å². The SMILES string of the molecule is Fc1ccc(-c2nn3ccc(N=C(c4ccccc4)c4ccccc4)cc3c2-c2ccnc(NC3CCCC3)n2)cc1. The van der Waals surface area contributed by atoms with Crippen LogP contribution in [0.25, 0.3) is 28.0 Å². The van der Waals surface area contributed by atoms with Gasteiger partial charge in [-0.05, 0) is 55.3 Å². The Bertz CT molecular complexity index is 1820. The van der Waals surface area contributed by atoms with Gasteiger partial charge in [0, 0.05) is 35.1 Å². The number of halogens is 1. The zero-order chi connectivity index (χ0) is 28.3. The third-order valence-corrected chi connectivity index (χ3v) is 7.67. The van der Waals surface area contributed by atoms with E-state index in [1.807, 2.05) is 65.3 Å². The van der Waals surface area contributed by atoms with Gasteiger partial charge in [-0.2, -0.15) is 5.10 Å². The predicted molar refractivity (Wildman–Crippen MR) is 166 cm³/mol. The van der Waals surface area contributed by atoms with Gasteiger partial charge in [0.1, 0.15) is 11.5 Å². The molecule has 0 amide bonds. The lowest BCUT2D eigenvalue weighted by Gasteiger charge is -2.12. The molecule has 1 aliphatic carbocycles. The minimum Gasteiger partial charge on any atom is -0.351 e. The van der Waals surface area contributed by atoms with Crippen molar-refractivity contribution in [3.63, 3.8) is 0 Å². The summed E-state index contributed by atoms with van der Waals surface area (Å²) in [4.78, 5) is 14.6. The minimum atomic E-state index is -0.292. The van der Waals surface area contributed by atoms with Crippen LogP contribution in [0.5, 0.6) is 0 Å². The average molecular weight is 553 g/mol. The van der Waals surface area contributed by atoms with Crippen molar-refractivity contribution in [1.82, 2.24) is 19.6 Å². The molecule has 1 fully saturated rings. The van der Waals surface area contributed by atoms with Crippen LogP contribution in [0.2, 0.25) is 0 Å². The molecule has 1 aliphatic rings. The fourth-order valence-electron chi connectivity index (χ4n) is 5.60. The molecule has 7 heteroatoms. The maximum atomic E-state index is 13.9. The maximum absolute atomic E-state index is 13.9. The molecule has 0 aliphatic heterocycles. The van der Waals surface area contributed by atoms with E-state index in [2.05, 4.69) is 34.6 Å². The van der Waals surface area contributed by atoms with Crippen LogP contribution in [0, 0.1) is 5.82 Å². The fraction of sp³-hybridized carbons (Fsp3) is 0.143. The summed E-state index contributed by atoms with van der Waals surface area (Å²) in [6, 6.07) is 33.1. The Kier molecular flexibility index (Phi) is 6.98. The molecular formula is C35H29FN6. The highest BCUT2D eigenvalue weighted by Crippen LogP contribution is 2.36. The summed E-state index contributed by atoms with van der Waals surface area (Å²) in [5, 5.41) is 8.43. The number of hydrogen-bond donors (Lipinski definition) is 1. The van der Waals surface area contributed by atoms with E-state index in [1.165, 1.54) is 25.0 Å². The van der Waals surface area contributed by atoms with Crippen LogP contribution in [-0.4, -0.2) is 31.3 Å². The topological polar surface area (TPSA) is 67.5 Å². The number of anilines is 1. The molecular weight excluding hydrogens is 523 g/mol. The molecule has 42 heavy (non-hydrogen) atoms. The number of rotatable bonds is 7. The van der Waals surface area contributed by atoms with Crippen LogP contribution < -0.4 is 5.32 Å². The van der Waals surface area contributed by atoms with Gasteiger partial charge in [0.2, 0.25) is 5.95 Å². The first-order valence-corrected chi connectivity index (χ1v) is 14.3. The Morgan fingerprint density at radius 3 is 2.21 bits per heavy atom. The Hall–Kier alpha value is -5.17. The van der Waals surface area contributed by atoms with Gasteiger partial charge in [-0.15, -0.1) is 0 Å². The summed E-state index contributed by atoms with van der Waals surface area (Å²) in [7, 11) is 0. The van der Waals surface area contributed by atoms with Crippen molar-refractivity contribution >= 4 is 22.9 Å². The normalized spacial score (nSPS) is 13.4. The van der Waals surface area contributed by atoms with E-state index in [9.17, 15) is 4.39 Å². The van der Waals surface area contributed by atoms with Gasteiger partial charge in [-0.3, -0.25) is 0 Å². The van der Waals surface area contributed by atoms with E-state index < -0.39 is 0 Å². The maximum Gasteiger partial charge on any atom is 0.223 e. The summed E-state index contributed by atoms with van der Waals surface area (Å²) < 4.78 is 15.7. The molecule has 0 radical (unpaired) electrons. The van der Waals surface area contributed by atoms with Crippen molar-refractivity contribution in [2.45, 2.75) is 31.7 Å².